The van der Waals surface area contributed by atoms with Crippen LogP contribution in [0.5, 0.6) is 0 Å². The van der Waals surface area contributed by atoms with Gasteiger partial charge in [-0.2, -0.15) is 9.78 Å². The number of nitrogens with zero attached hydrogens (tertiary/aromatic N) is 5. The maximum atomic E-state index is 14.0. The standard InChI is InChI=1S/C17H18FN7O/c1-10-7-13(18)14(8-11(10)2)24-17(26)23-12(3)15-21-9-22-25(15)16-19-5-4-6-20-16/h4-9,12H,1-3H3,(H2,23,24,26). The number of hydrogen-bond donors (Lipinski definition) is 2. The molecule has 0 fully saturated rings. The SMILES string of the molecule is Cc1cc(F)c(NC(=O)NC(C)c2ncnn2-c2ncccn2)cc1C. The van der Waals surface area contributed by atoms with Crippen molar-refractivity contribution >= 4 is 11.7 Å². The van der Waals surface area contributed by atoms with Gasteiger partial charge in [0.05, 0.1) is 11.7 Å². The normalized spacial score (nSPS) is 11.8. The first-order chi connectivity index (χ1) is 12.5. The van der Waals surface area contributed by atoms with Crippen molar-refractivity contribution < 1.29 is 9.18 Å². The number of benzene rings is 1. The van der Waals surface area contributed by atoms with E-state index in [0.717, 1.165) is 11.1 Å². The molecule has 0 saturated heterocycles. The largest absolute Gasteiger partial charge is 0.328 e. The molecule has 3 aromatic rings. The average Bonchev–Trinajstić information content (AvgIpc) is 3.10. The molecule has 26 heavy (non-hydrogen) atoms. The number of hydrogen-bond acceptors (Lipinski definition) is 5. The van der Waals surface area contributed by atoms with Crippen molar-refractivity contribution in [3.63, 3.8) is 0 Å². The van der Waals surface area contributed by atoms with Gasteiger partial charge in [0.25, 0.3) is 5.95 Å². The lowest BCUT2D eigenvalue weighted by Crippen LogP contribution is -2.33. The molecule has 0 aliphatic rings. The zero-order chi connectivity index (χ0) is 18.7. The Morgan fingerprint density at radius 3 is 2.58 bits per heavy atom. The van der Waals surface area contributed by atoms with E-state index >= 15 is 0 Å². The van der Waals surface area contributed by atoms with Crippen LogP contribution in [-0.2, 0) is 0 Å². The molecule has 1 atom stereocenters. The number of amides is 2. The molecule has 2 N–H and O–H groups in total. The van der Waals surface area contributed by atoms with Crippen molar-refractivity contribution in [1.29, 1.82) is 0 Å². The van der Waals surface area contributed by atoms with Crippen LogP contribution >= 0.6 is 0 Å². The summed E-state index contributed by atoms with van der Waals surface area (Å²) >= 11 is 0. The van der Waals surface area contributed by atoms with E-state index in [1.165, 1.54) is 17.1 Å². The Hall–Kier alpha value is -3.36. The van der Waals surface area contributed by atoms with E-state index in [2.05, 4.69) is 30.7 Å². The molecule has 9 heteroatoms. The maximum absolute atomic E-state index is 14.0. The molecule has 134 valence electrons. The Morgan fingerprint density at radius 1 is 1.15 bits per heavy atom. The first-order valence-electron chi connectivity index (χ1n) is 7.97. The summed E-state index contributed by atoms with van der Waals surface area (Å²) in [6.07, 6.45) is 4.52. The number of carbonyl (C=O) groups excluding carboxylic acids is 1. The van der Waals surface area contributed by atoms with Gasteiger partial charge in [0.2, 0.25) is 0 Å². The number of carbonyl (C=O) groups is 1. The number of anilines is 1. The summed E-state index contributed by atoms with van der Waals surface area (Å²) in [4.78, 5) is 24.6. The lowest BCUT2D eigenvalue weighted by Gasteiger charge is -2.15. The lowest BCUT2D eigenvalue weighted by molar-refractivity contribution is 0.248. The molecule has 2 aromatic heterocycles. The summed E-state index contributed by atoms with van der Waals surface area (Å²) in [6.45, 7) is 5.39. The predicted octanol–water partition coefficient (Wildman–Crippen LogP) is 2.70. The topological polar surface area (TPSA) is 97.6 Å². The van der Waals surface area contributed by atoms with Crippen molar-refractivity contribution in [2.24, 2.45) is 0 Å². The first kappa shape index (κ1) is 17.5. The van der Waals surface area contributed by atoms with Gasteiger partial charge in [-0.25, -0.2) is 24.1 Å². The third kappa shape index (κ3) is 3.66. The van der Waals surface area contributed by atoms with Crippen molar-refractivity contribution in [2.45, 2.75) is 26.8 Å². The van der Waals surface area contributed by atoms with Gasteiger partial charge in [-0.3, -0.25) is 0 Å². The molecule has 0 saturated carbocycles. The van der Waals surface area contributed by atoms with Crippen LogP contribution in [0.15, 0.2) is 36.9 Å². The summed E-state index contributed by atoms with van der Waals surface area (Å²) in [5.74, 6) is 0.304. The maximum Gasteiger partial charge on any atom is 0.319 e. The molecule has 2 heterocycles. The van der Waals surface area contributed by atoms with Gasteiger partial charge in [0.15, 0.2) is 5.82 Å². The summed E-state index contributed by atoms with van der Waals surface area (Å²) < 4.78 is 15.4. The molecule has 1 unspecified atom stereocenters. The van der Waals surface area contributed by atoms with E-state index < -0.39 is 17.9 Å². The molecule has 0 aliphatic heterocycles. The molecule has 0 aliphatic carbocycles. The van der Waals surface area contributed by atoms with E-state index in [9.17, 15) is 9.18 Å². The summed E-state index contributed by atoms with van der Waals surface area (Å²) in [5.41, 5.74) is 1.82. The third-order valence-electron chi connectivity index (χ3n) is 3.88. The number of halogens is 1. The first-order valence-corrected chi connectivity index (χ1v) is 7.97. The molecule has 1 aromatic carbocycles. The molecule has 0 bridgehead atoms. The van der Waals surface area contributed by atoms with Gasteiger partial charge in [-0.1, -0.05) is 0 Å². The highest BCUT2D eigenvalue weighted by atomic mass is 19.1. The Balaban J connectivity index is 1.73. The molecular formula is C17H18FN7O. The molecule has 3 rings (SSSR count). The van der Waals surface area contributed by atoms with Gasteiger partial charge < -0.3 is 10.6 Å². The average molecular weight is 355 g/mol. The van der Waals surface area contributed by atoms with Gasteiger partial charge in [-0.15, -0.1) is 0 Å². The third-order valence-corrected chi connectivity index (χ3v) is 3.88. The van der Waals surface area contributed by atoms with Crippen LogP contribution in [0.3, 0.4) is 0 Å². The highest BCUT2D eigenvalue weighted by molar-refractivity contribution is 5.89. The van der Waals surface area contributed by atoms with Crippen LogP contribution in [0.1, 0.15) is 29.9 Å². The minimum Gasteiger partial charge on any atom is -0.328 e. The zero-order valence-corrected chi connectivity index (χ0v) is 14.6. The number of rotatable bonds is 4. The monoisotopic (exact) mass is 355 g/mol. The summed E-state index contributed by atoms with van der Waals surface area (Å²) in [5, 5.41) is 9.31. The predicted molar refractivity (Wildman–Crippen MR) is 93.4 cm³/mol. The summed E-state index contributed by atoms with van der Waals surface area (Å²) in [6, 6.07) is 3.61. The van der Waals surface area contributed by atoms with Crippen molar-refractivity contribution in [3.05, 3.63) is 59.7 Å². The number of aromatic nitrogens is 5. The number of nitrogens with one attached hydrogen (secondary N) is 2. The fourth-order valence-corrected chi connectivity index (χ4v) is 2.40. The van der Waals surface area contributed by atoms with Crippen LogP contribution < -0.4 is 10.6 Å². The van der Waals surface area contributed by atoms with Crippen LogP contribution in [0.2, 0.25) is 0 Å². The minimum absolute atomic E-state index is 0.116. The van der Waals surface area contributed by atoms with Crippen molar-refractivity contribution in [1.82, 2.24) is 30.0 Å². The van der Waals surface area contributed by atoms with Crippen LogP contribution in [0.25, 0.3) is 5.95 Å². The van der Waals surface area contributed by atoms with E-state index in [4.69, 9.17) is 0 Å². The van der Waals surface area contributed by atoms with Gasteiger partial charge in [-0.05, 0) is 50.1 Å². The molecule has 0 spiro atoms. The fraction of sp³-hybridized carbons (Fsp3) is 0.235. The fourth-order valence-electron chi connectivity index (χ4n) is 2.40. The van der Waals surface area contributed by atoms with E-state index in [-0.39, 0.29) is 5.69 Å². The minimum atomic E-state index is -0.553. The molecule has 8 nitrogen and oxygen atoms in total. The Morgan fingerprint density at radius 2 is 1.85 bits per heavy atom. The molecule has 0 radical (unpaired) electrons. The smallest absolute Gasteiger partial charge is 0.319 e. The molecular weight excluding hydrogens is 337 g/mol. The van der Waals surface area contributed by atoms with Crippen LogP contribution in [-0.4, -0.2) is 30.8 Å². The quantitative estimate of drug-likeness (QED) is 0.750. The van der Waals surface area contributed by atoms with Crippen molar-refractivity contribution in [2.75, 3.05) is 5.32 Å². The van der Waals surface area contributed by atoms with E-state index in [0.29, 0.717) is 11.8 Å². The Labute approximate surface area is 149 Å². The van der Waals surface area contributed by atoms with E-state index in [1.807, 2.05) is 13.8 Å². The second kappa shape index (κ2) is 7.26. The van der Waals surface area contributed by atoms with Crippen LogP contribution in [0, 0.1) is 19.7 Å². The number of urea groups is 1. The van der Waals surface area contributed by atoms with Crippen molar-refractivity contribution in [3.8, 4) is 5.95 Å². The lowest BCUT2D eigenvalue weighted by atomic mass is 10.1. The van der Waals surface area contributed by atoms with Gasteiger partial charge >= 0.3 is 6.03 Å². The second-order valence-corrected chi connectivity index (χ2v) is 5.82. The second-order valence-electron chi connectivity index (χ2n) is 5.82. The Kier molecular flexibility index (Phi) is 4.87. The van der Waals surface area contributed by atoms with Gasteiger partial charge in [0.1, 0.15) is 12.1 Å². The van der Waals surface area contributed by atoms with E-state index in [1.54, 1.807) is 31.5 Å². The Bertz CT molecular complexity index is 926. The molecule has 2 amide bonds. The number of aryl methyl sites for hydroxylation is 2. The summed E-state index contributed by atoms with van der Waals surface area (Å²) in [7, 11) is 0. The van der Waals surface area contributed by atoms with Gasteiger partial charge in [0, 0.05) is 12.4 Å². The highest BCUT2D eigenvalue weighted by Crippen LogP contribution is 2.19. The van der Waals surface area contributed by atoms with Crippen LogP contribution in [0.4, 0.5) is 14.9 Å². The highest BCUT2D eigenvalue weighted by Gasteiger charge is 2.18. The zero-order valence-electron chi connectivity index (χ0n) is 14.6.